The van der Waals surface area contributed by atoms with E-state index in [0.717, 1.165) is 31.4 Å². The molecular formula is C19H25NO5. The Bertz CT molecular complexity index is 591. The molecule has 25 heavy (non-hydrogen) atoms. The zero-order valence-corrected chi connectivity index (χ0v) is 14.5. The Labute approximate surface area is 147 Å². The number of hydrogen-bond acceptors (Lipinski definition) is 5. The standard InChI is InChI=1S/C19H25NO5/c1-2-24-14-7-9-15(10-8-14)25-12-13(21)11-20-18(22)16-5-3-4-6-17(16)19(20)23/h7-10,13,16-17,21H,2-6,11-12H2,1H3/t13-,16+,17+/m1/s1. The van der Waals surface area contributed by atoms with Gasteiger partial charge < -0.3 is 14.6 Å². The number of imide groups is 1. The number of β-amino-alcohol motifs (C(OH)–C–C–N with tert-alkyl or cyclic N) is 1. The molecule has 2 fully saturated rings. The van der Waals surface area contributed by atoms with Gasteiger partial charge in [0.2, 0.25) is 11.8 Å². The molecule has 1 aliphatic heterocycles. The lowest BCUT2D eigenvalue weighted by atomic mass is 9.81. The quantitative estimate of drug-likeness (QED) is 0.764. The third-order valence-corrected chi connectivity index (χ3v) is 4.90. The van der Waals surface area contributed by atoms with Gasteiger partial charge in [0.05, 0.1) is 25.0 Å². The molecule has 1 heterocycles. The largest absolute Gasteiger partial charge is 0.494 e. The zero-order valence-electron chi connectivity index (χ0n) is 14.5. The Hall–Kier alpha value is -2.08. The molecule has 0 bridgehead atoms. The molecule has 1 aromatic carbocycles. The average Bonchev–Trinajstić information content (AvgIpc) is 2.87. The number of fused-ring (bicyclic) bond motifs is 1. The number of amides is 2. The van der Waals surface area contributed by atoms with Crippen molar-refractivity contribution >= 4 is 11.8 Å². The van der Waals surface area contributed by atoms with Gasteiger partial charge in [0.25, 0.3) is 0 Å². The van der Waals surface area contributed by atoms with Crippen LogP contribution < -0.4 is 9.47 Å². The number of carbonyl (C=O) groups is 2. The topological polar surface area (TPSA) is 76.1 Å². The maximum atomic E-state index is 12.4. The lowest BCUT2D eigenvalue weighted by Gasteiger charge is -2.19. The van der Waals surface area contributed by atoms with Crippen LogP contribution in [0.1, 0.15) is 32.6 Å². The van der Waals surface area contributed by atoms with Gasteiger partial charge in [0.15, 0.2) is 0 Å². The molecule has 0 spiro atoms. The molecule has 2 aliphatic rings. The van der Waals surface area contributed by atoms with E-state index in [9.17, 15) is 14.7 Å². The molecule has 0 aromatic heterocycles. The highest BCUT2D eigenvalue weighted by Crippen LogP contribution is 2.38. The van der Waals surface area contributed by atoms with Crippen molar-refractivity contribution in [1.82, 2.24) is 4.90 Å². The van der Waals surface area contributed by atoms with Crippen molar-refractivity contribution in [3.63, 3.8) is 0 Å². The highest BCUT2D eigenvalue weighted by atomic mass is 16.5. The number of aliphatic hydroxyl groups is 1. The van der Waals surface area contributed by atoms with Crippen LogP contribution in [0.2, 0.25) is 0 Å². The van der Waals surface area contributed by atoms with E-state index in [0.29, 0.717) is 12.4 Å². The van der Waals surface area contributed by atoms with Crippen molar-refractivity contribution in [2.75, 3.05) is 19.8 Å². The number of rotatable bonds is 7. The zero-order chi connectivity index (χ0) is 17.8. The van der Waals surface area contributed by atoms with Crippen LogP contribution in [0.15, 0.2) is 24.3 Å². The maximum Gasteiger partial charge on any atom is 0.233 e. The van der Waals surface area contributed by atoms with E-state index in [-0.39, 0.29) is 36.8 Å². The Morgan fingerprint density at radius 2 is 1.56 bits per heavy atom. The molecule has 3 rings (SSSR count). The van der Waals surface area contributed by atoms with Gasteiger partial charge in [-0.15, -0.1) is 0 Å². The van der Waals surface area contributed by atoms with Gasteiger partial charge in [-0.25, -0.2) is 0 Å². The molecule has 3 atom stereocenters. The van der Waals surface area contributed by atoms with Crippen LogP contribution in [0.25, 0.3) is 0 Å². The van der Waals surface area contributed by atoms with Crippen LogP contribution in [-0.4, -0.2) is 47.7 Å². The molecule has 136 valence electrons. The molecule has 1 saturated heterocycles. The van der Waals surface area contributed by atoms with Gasteiger partial charge in [0.1, 0.15) is 24.2 Å². The van der Waals surface area contributed by atoms with E-state index >= 15 is 0 Å². The number of carbonyl (C=O) groups excluding carboxylic acids is 2. The number of hydrogen-bond donors (Lipinski definition) is 1. The summed E-state index contributed by atoms with van der Waals surface area (Å²) in [6.45, 7) is 2.54. The first kappa shape index (κ1) is 17.7. The number of ether oxygens (including phenoxy) is 2. The first-order valence-electron chi connectivity index (χ1n) is 8.99. The van der Waals surface area contributed by atoms with Crippen LogP contribution >= 0.6 is 0 Å². The second-order valence-corrected chi connectivity index (χ2v) is 6.65. The van der Waals surface area contributed by atoms with Crippen LogP contribution in [0, 0.1) is 11.8 Å². The highest BCUT2D eigenvalue weighted by molar-refractivity contribution is 6.05. The number of benzene rings is 1. The molecule has 0 unspecified atom stereocenters. The van der Waals surface area contributed by atoms with E-state index in [4.69, 9.17) is 9.47 Å². The molecule has 1 N–H and O–H groups in total. The van der Waals surface area contributed by atoms with Crippen molar-refractivity contribution in [1.29, 1.82) is 0 Å². The van der Waals surface area contributed by atoms with Crippen molar-refractivity contribution in [3.8, 4) is 11.5 Å². The summed E-state index contributed by atoms with van der Waals surface area (Å²) in [7, 11) is 0. The van der Waals surface area contributed by atoms with E-state index in [2.05, 4.69) is 0 Å². The lowest BCUT2D eigenvalue weighted by Crippen LogP contribution is -2.40. The molecule has 6 heteroatoms. The van der Waals surface area contributed by atoms with Crippen LogP contribution in [0.5, 0.6) is 11.5 Å². The third-order valence-electron chi connectivity index (χ3n) is 4.90. The normalized spacial score (nSPS) is 24.2. The van der Waals surface area contributed by atoms with Gasteiger partial charge in [-0.2, -0.15) is 0 Å². The van der Waals surface area contributed by atoms with Gasteiger partial charge in [-0.05, 0) is 44.0 Å². The number of nitrogens with zero attached hydrogens (tertiary/aromatic N) is 1. The minimum Gasteiger partial charge on any atom is -0.494 e. The fourth-order valence-corrected chi connectivity index (χ4v) is 3.67. The minimum atomic E-state index is -0.903. The maximum absolute atomic E-state index is 12.4. The SMILES string of the molecule is CCOc1ccc(OC[C@H](O)CN2C(=O)[C@H]3CCCC[C@@H]3C2=O)cc1. The van der Waals surface area contributed by atoms with E-state index in [1.165, 1.54) is 4.90 Å². The fraction of sp³-hybridized carbons (Fsp3) is 0.579. The predicted octanol–water partition coefficient (Wildman–Crippen LogP) is 2.00. The molecule has 6 nitrogen and oxygen atoms in total. The highest BCUT2D eigenvalue weighted by Gasteiger charge is 2.48. The molecule has 0 radical (unpaired) electrons. The van der Waals surface area contributed by atoms with Gasteiger partial charge in [-0.3, -0.25) is 14.5 Å². The second-order valence-electron chi connectivity index (χ2n) is 6.65. The minimum absolute atomic E-state index is 0.00168. The lowest BCUT2D eigenvalue weighted by molar-refractivity contribution is -0.141. The smallest absolute Gasteiger partial charge is 0.233 e. The average molecular weight is 347 g/mol. The molecular weight excluding hydrogens is 322 g/mol. The second kappa shape index (κ2) is 7.87. The summed E-state index contributed by atoms with van der Waals surface area (Å²) < 4.78 is 10.9. The van der Waals surface area contributed by atoms with Crippen molar-refractivity contribution in [2.24, 2.45) is 11.8 Å². The molecule has 1 saturated carbocycles. The summed E-state index contributed by atoms with van der Waals surface area (Å²) in [6.07, 6.45) is 2.66. The Balaban J connectivity index is 1.51. The predicted molar refractivity (Wildman–Crippen MR) is 91.3 cm³/mol. The summed E-state index contributed by atoms with van der Waals surface area (Å²) >= 11 is 0. The Morgan fingerprint density at radius 3 is 2.08 bits per heavy atom. The summed E-state index contributed by atoms with van der Waals surface area (Å²) in [5, 5.41) is 10.2. The van der Waals surface area contributed by atoms with E-state index in [1.54, 1.807) is 24.3 Å². The molecule has 1 aliphatic carbocycles. The Morgan fingerprint density at radius 1 is 1.04 bits per heavy atom. The van der Waals surface area contributed by atoms with Gasteiger partial charge in [-0.1, -0.05) is 12.8 Å². The van der Waals surface area contributed by atoms with Crippen LogP contribution in [0.4, 0.5) is 0 Å². The fourth-order valence-electron chi connectivity index (χ4n) is 3.67. The summed E-state index contributed by atoms with van der Waals surface area (Å²) in [5.41, 5.74) is 0. The number of likely N-dealkylation sites (tertiary alicyclic amines) is 1. The van der Waals surface area contributed by atoms with Gasteiger partial charge >= 0.3 is 0 Å². The molecule has 2 amide bonds. The van der Waals surface area contributed by atoms with Crippen LogP contribution in [-0.2, 0) is 9.59 Å². The Kier molecular flexibility index (Phi) is 5.58. The summed E-state index contributed by atoms with van der Waals surface area (Å²) in [5.74, 6) is 0.743. The molecule has 1 aromatic rings. The third kappa shape index (κ3) is 3.95. The van der Waals surface area contributed by atoms with E-state index in [1.807, 2.05) is 6.92 Å². The number of aliphatic hydroxyl groups excluding tert-OH is 1. The first-order valence-corrected chi connectivity index (χ1v) is 8.99. The van der Waals surface area contributed by atoms with Crippen LogP contribution in [0.3, 0.4) is 0 Å². The van der Waals surface area contributed by atoms with E-state index < -0.39 is 6.10 Å². The van der Waals surface area contributed by atoms with Crippen molar-refractivity contribution in [3.05, 3.63) is 24.3 Å². The van der Waals surface area contributed by atoms with Crippen molar-refractivity contribution < 1.29 is 24.2 Å². The van der Waals surface area contributed by atoms with Crippen molar-refractivity contribution in [2.45, 2.75) is 38.7 Å². The summed E-state index contributed by atoms with van der Waals surface area (Å²) in [6, 6.07) is 7.11. The summed E-state index contributed by atoms with van der Waals surface area (Å²) in [4.78, 5) is 26.0. The first-order chi connectivity index (χ1) is 12.1. The van der Waals surface area contributed by atoms with Gasteiger partial charge in [0, 0.05) is 0 Å². The monoisotopic (exact) mass is 347 g/mol.